The SMILES string of the molecule is COc1ncc(Cc2cnc(OCCc3ccc(Oc4cccc(C)n4)c(F)c3)[nH]c2=O)cn1. The Kier molecular flexibility index (Phi) is 7.07. The molecule has 0 spiro atoms. The van der Waals surface area contributed by atoms with Crippen molar-refractivity contribution in [3.63, 3.8) is 0 Å². The first-order valence-electron chi connectivity index (χ1n) is 10.5. The molecule has 4 rings (SSSR count). The molecule has 10 heteroatoms. The second-order valence-corrected chi connectivity index (χ2v) is 7.38. The summed E-state index contributed by atoms with van der Waals surface area (Å²) in [5.41, 5.74) is 2.36. The maximum absolute atomic E-state index is 14.4. The number of nitrogens with one attached hydrogen (secondary N) is 1. The number of benzene rings is 1. The van der Waals surface area contributed by atoms with Gasteiger partial charge in [0.1, 0.15) is 0 Å². The molecule has 174 valence electrons. The van der Waals surface area contributed by atoms with Crippen LogP contribution in [0.3, 0.4) is 0 Å². The lowest BCUT2D eigenvalue weighted by molar-refractivity contribution is 0.294. The standard InChI is InChI=1S/C24H22FN5O4/c1-15-4-3-5-21(29-15)34-20-7-6-16(11-19(20)25)8-9-33-24-28-14-18(22(31)30-24)10-17-12-26-23(32-2)27-13-17/h3-7,11-14H,8-10H2,1-2H3,(H,28,30,31). The van der Waals surface area contributed by atoms with E-state index in [1.54, 1.807) is 36.7 Å². The van der Waals surface area contributed by atoms with Crippen LogP contribution in [0.4, 0.5) is 4.39 Å². The molecular weight excluding hydrogens is 441 g/mol. The van der Waals surface area contributed by atoms with Gasteiger partial charge in [0.25, 0.3) is 11.6 Å². The highest BCUT2D eigenvalue weighted by molar-refractivity contribution is 5.32. The van der Waals surface area contributed by atoms with Crippen LogP contribution in [0.5, 0.6) is 23.7 Å². The molecule has 0 amide bonds. The molecule has 0 atom stereocenters. The topological polar surface area (TPSA) is 112 Å². The second-order valence-electron chi connectivity index (χ2n) is 7.38. The number of hydrogen-bond donors (Lipinski definition) is 1. The lowest BCUT2D eigenvalue weighted by atomic mass is 10.1. The van der Waals surface area contributed by atoms with Crippen molar-refractivity contribution < 1.29 is 18.6 Å². The molecule has 0 aliphatic carbocycles. The molecule has 0 bridgehead atoms. The largest absolute Gasteiger partial charge is 0.467 e. The summed E-state index contributed by atoms with van der Waals surface area (Å²) in [6, 6.07) is 10.3. The Morgan fingerprint density at radius 1 is 1.03 bits per heavy atom. The van der Waals surface area contributed by atoms with E-state index in [-0.39, 0.29) is 29.9 Å². The molecule has 0 unspecified atom stereocenters. The van der Waals surface area contributed by atoms with E-state index in [9.17, 15) is 9.18 Å². The Morgan fingerprint density at radius 3 is 2.56 bits per heavy atom. The fourth-order valence-electron chi connectivity index (χ4n) is 3.10. The number of aryl methyl sites for hydroxylation is 1. The number of pyridine rings is 1. The summed E-state index contributed by atoms with van der Waals surface area (Å²) in [4.78, 5) is 31.3. The van der Waals surface area contributed by atoms with Gasteiger partial charge in [-0.15, -0.1) is 0 Å². The third-order valence-electron chi connectivity index (χ3n) is 4.81. The summed E-state index contributed by atoms with van der Waals surface area (Å²) in [6.45, 7) is 2.03. The monoisotopic (exact) mass is 463 g/mol. The normalized spacial score (nSPS) is 10.7. The van der Waals surface area contributed by atoms with Crippen LogP contribution >= 0.6 is 0 Å². The Hall–Kier alpha value is -4.34. The predicted octanol–water partition coefficient (Wildman–Crippen LogP) is 3.42. The number of H-pyrrole nitrogens is 1. The van der Waals surface area contributed by atoms with Gasteiger partial charge >= 0.3 is 6.01 Å². The highest BCUT2D eigenvalue weighted by Gasteiger charge is 2.09. The van der Waals surface area contributed by atoms with Crippen molar-refractivity contribution in [2.45, 2.75) is 19.8 Å². The summed E-state index contributed by atoms with van der Waals surface area (Å²) in [5, 5.41) is 0. The molecule has 0 radical (unpaired) electrons. The highest BCUT2D eigenvalue weighted by Crippen LogP contribution is 2.24. The molecule has 4 aromatic rings. The second kappa shape index (κ2) is 10.5. The Balaban J connectivity index is 1.31. The van der Waals surface area contributed by atoms with Gasteiger partial charge in [0.15, 0.2) is 11.6 Å². The van der Waals surface area contributed by atoms with Gasteiger partial charge in [-0.1, -0.05) is 12.1 Å². The summed E-state index contributed by atoms with van der Waals surface area (Å²) < 4.78 is 30.4. The van der Waals surface area contributed by atoms with E-state index in [0.29, 0.717) is 29.8 Å². The molecule has 0 aliphatic rings. The van der Waals surface area contributed by atoms with Crippen molar-refractivity contribution in [3.8, 4) is 23.7 Å². The molecule has 0 saturated heterocycles. The maximum Gasteiger partial charge on any atom is 0.316 e. The number of ether oxygens (including phenoxy) is 3. The van der Waals surface area contributed by atoms with Crippen LogP contribution in [-0.4, -0.2) is 38.6 Å². The van der Waals surface area contributed by atoms with Crippen molar-refractivity contribution in [3.05, 3.63) is 93.5 Å². The quantitative estimate of drug-likeness (QED) is 0.402. The van der Waals surface area contributed by atoms with Gasteiger partial charge in [0, 0.05) is 48.8 Å². The van der Waals surface area contributed by atoms with Crippen LogP contribution in [0.2, 0.25) is 0 Å². The van der Waals surface area contributed by atoms with Crippen LogP contribution in [0.1, 0.15) is 22.4 Å². The van der Waals surface area contributed by atoms with Crippen molar-refractivity contribution in [2.24, 2.45) is 0 Å². The van der Waals surface area contributed by atoms with E-state index in [1.807, 2.05) is 13.0 Å². The van der Waals surface area contributed by atoms with E-state index in [4.69, 9.17) is 14.2 Å². The number of rotatable bonds is 9. The predicted molar refractivity (Wildman–Crippen MR) is 121 cm³/mol. The van der Waals surface area contributed by atoms with Crippen molar-refractivity contribution in [2.75, 3.05) is 13.7 Å². The molecular formula is C24H22FN5O4. The summed E-state index contributed by atoms with van der Waals surface area (Å²) >= 11 is 0. The first kappa shape index (κ1) is 22.8. The van der Waals surface area contributed by atoms with Crippen molar-refractivity contribution in [1.29, 1.82) is 0 Å². The molecule has 3 aromatic heterocycles. The molecule has 9 nitrogen and oxygen atoms in total. The van der Waals surface area contributed by atoms with Gasteiger partial charge in [0.2, 0.25) is 5.88 Å². The molecule has 0 saturated carbocycles. The Bertz CT molecular complexity index is 1330. The van der Waals surface area contributed by atoms with E-state index >= 15 is 0 Å². The minimum atomic E-state index is -0.501. The van der Waals surface area contributed by atoms with E-state index in [1.165, 1.54) is 19.4 Å². The number of methoxy groups -OCH3 is 1. The average Bonchev–Trinajstić information content (AvgIpc) is 2.83. The fraction of sp³-hybridized carbons (Fsp3) is 0.208. The van der Waals surface area contributed by atoms with Crippen molar-refractivity contribution >= 4 is 0 Å². The van der Waals surface area contributed by atoms with Crippen LogP contribution in [-0.2, 0) is 12.8 Å². The summed E-state index contributed by atoms with van der Waals surface area (Å²) in [5.74, 6) is -0.0845. The van der Waals surface area contributed by atoms with Crippen LogP contribution in [0.25, 0.3) is 0 Å². The zero-order chi connectivity index (χ0) is 23.9. The van der Waals surface area contributed by atoms with Crippen LogP contribution in [0.15, 0.2) is 59.8 Å². The number of aromatic nitrogens is 5. The van der Waals surface area contributed by atoms with Gasteiger partial charge in [-0.2, -0.15) is 0 Å². The third-order valence-corrected chi connectivity index (χ3v) is 4.81. The van der Waals surface area contributed by atoms with E-state index < -0.39 is 5.82 Å². The lowest BCUT2D eigenvalue weighted by Crippen LogP contribution is -2.16. The smallest absolute Gasteiger partial charge is 0.316 e. The number of aromatic amines is 1. The van der Waals surface area contributed by atoms with Gasteiger partial charge in [0.05, 0.1) is 13.7 Å². The van der Waals surface area contributed by atoms with Crippen LogP contribution < -0.4 is 19.8 Å². The van der Waals surface area contributed by atoms with Crippen molar-refractivity contribution in [1.82, 2.24) is 24.9 Å². The maximum atomic E-state index is 14.4. The zero-order valence-electron chi connectivity index (χ0n) is 18.6. The molecule has 34 heavy (non-hydrogen) atoms. The molecule has 1 N–H and O–H groups in total. The van der Waals surface area contributed by atoms with E-state index in [0.717, 1.165) is 11.3 Å². The molecule has 0 fully saturated rings. The van der Waals surface area contributed by atoms with Gasteiger partial charge in [-0.3, -0.25) is 9.78 Å². The minimum Gasteiger partial charge on any atom is -0.467 e. The molecule has 0 aliphatic heterocycles. The lowest BCUT2D eigenvalue weighted by Gasteiger charge is -2.09. The minimum absolute atomic E-state index is 0.0886. The van der Waals surface area contributed by atoms with Gasteiger partial charge in [-0.25, -0.2) is 24.3 Å². The Labute approximate surface area is 194 Å². The number of halogens is 1. The van der Waals surface area contributed by atoms with Gasteiger partial charge in [-0.05, 0) is 36.2 Å². The molecule has 3 heterocycles. The summed E-state index contributed by atoms with van der Waals surface area (Å²) in [6.07, 6.45) is 5.35. The van der Waals surface area contributed by atoms with E-state index in [2.05, 4.69) is 24.9 Å². The van der Waals surface area contributed by atoms with Gasteiger partial charge < -0.3 is 14.2 Å². The first-order chi connectivity index (χ1) is 16.5. The number of hydrogen-bond acceptors (Lipinski definition) is 8. The number of nitrogens with zero attached hydrogens (tertiary/aromatic N) is 4. The zero-order valence-corrected chi connectivity index (χ0v) is 18.6. The summed E-state index contributed by atoms with van der Waals surface area (Å²) in [7, 11) is 1.48. The Morgan fingerprint density at radius 2 is 1.85 bits per heavy atom. The first-order valence-corrected chi connectivity index (χ1v) is 10.5. The third kappa shape index (κ3) is 5.91. The fourth-order valence-corrected chi connectivity index (χ4v) is 3.10. The average molecular weight is 463 g/mol. The molecule has 1 aromatic carbocycles. The van der Waals surface area contributed by atoms with Crippen LogP contribution in [0, 0.1) is 12.7 Å². The highest BCUT2D eigenvalue weighted by atomic mass is 19.1.